The largest absolute Gasteiger partial charge is 0.341 e. The molecule has 1 amide bonds. The van der Waals surface area contributed by atoms with E-state index in [2.05, 4.69) is 18.7 Å². The second kappa shape index (κ2) is 8.65. The van der Waals surface area contributed by atoms with Crippen LogP contribution in [0.5, 0.6) is 0 Å². The molecule has 6 nitrogen and oxygen atoms in total. The highest BCUT2D eigenvalue weighted by atomic mass is 32.2. The summed E-state index contributed by atoms with van der Waals surface area (Å²) in [4.78, 5) is 17.1. The van der Waals surface area contributed by atoms with E-state index in [4.69, 9.17) is 0 Å². The number of carbonyl (C=O) groups is 1. The minimum Gasteiger partial charge on any atom is -0.341 e. The fourth-order valence-corrected chi connectivity index (χ4v) is 6.22. The fraction of sp³-hybridized carbons (Fsp3) is 0.522. The molecule has 0 radical (unpaired) electrons. The van der Waals surface area contributed by atoms with Crippen molar-refractivity contribution < 1.29 is 13.2 Å². The third-order valence-electron chi connectivity index (χ3n) is 6.27. The average molecular weight is 430 g/mol. The molecule has 2 aromatic rings. The first-order chi connectivity index (χ1) is 14.3. The molecule has 2 saturated heterocycles. The molecule has 162 valence electrons. The maximum atomic E-state index is 13.1. The molecule has 2 unspecified atom stereocenters. The summed E-state index contributed by atoms with van der Waals surface area (Å²) < 4.78 is 27.8. The molecular formula is C23H31N3O3S. The molecule has 2 fully saturated rings. The average Bonchev–Trinajstić information content (AvgIpc) is 2.73. The zero-order chi connectivity index (χ0) is 21.3. The zero-order valence-corrected chi connectivity index (χ0v) is 18.6. The molecule has 0 aliphatic carbocycles. The molecule has 2 heterocycles. The Kier molecular flexibility index (Phi) is 6.14. The van der Waals surface area contributed by atoms with E-state index >= 15 is 0 Å². The molecule has 0 aromatic heterocycles. The Labute approximate surface area is 179 Å². The lowest BCUT2D eigenvalue weighted by molar-refractivity contribution is -0.135. The first kappa shape index (κ1) is 21.3. The van der Waals surface area contributed by atoms with Crippen molar-refractivity contribution in [2.75, 3.05) is 45.8 Å². The van der Waals surface area contributed by atoms with Crippen molar-refractivity contribution in [3.63, 3.8) is 0 Å². The van der Waals surface area contributed by atoms with E-state index in [1.54, 1.807) is 16.4 Å². The van der Waals surface area contributed by atoms with Crippen LogP contribution >= 0.6 is 0 Å². The van der Waals surface area contributed by atoms with Crippen molar-refractivity contribution in [1.29, 1.82) is 0 Å². The van der Waals surface area contributed by atoms with Crippen LogP contribution in [0.3, 0.4) is 0 Å². The van der Waals surface area contributed by atoms with E-state index in [9.17, 15) is 13.2 Å². The minimum atomic E-state index is -3.53. The van der Waals surface area contributed by atoms with E-state index in [1.807, 2.05) is 35.2 Å². The van der Waals surface area contributed by atoms with Gasteiger partial charge in [0.25, 0.3) is 0 Å². The molecule has 0 saturated carbocycles. The highest BCUT2D eigenvalue weighted by molar-refractivity contribution is 7.89. The maximum absolute atomic E-state index is 13.1. The van der Waals surface area contributed by atoms with Gasteiger partial charge in [-0.2, -0.15) is 4.31 Å². The summed E-state index contributed by atoms with van der Waals surface area (Å²) in [5, 5.41) is 1.95. The molecule has 0 bridgehead atoms. The predicted octanol–water partition coefficient (Wildman–Crippen LogP) is 2.65. The Balaban J connectivity index is 1.37. The topological polar surface area (TPSA) is 60.9 Å². The van der Waals surface area contributed by atoms with Gasteiger partial charge in [-0.3, -0.25) is 9.69 Å². The molecule has 2 aliphatic heterocycles. The van der Waals surface area contributed by atoms with Gasteiger partial charge in [0.2, 0.25) is 15.9 Å². The first-order valence-corrected chi connectivity index (χ1v) is 12.3. The number of hydrogen-bond donors (Lipinski definition) is 0. The monoisotopic (exact) mass is 429 g/mol. The number of piperidine rings is 1. The number of rotatable bonds is 4. The molecule has 2 aliphatic rings. The van der Waals surface area contributed by atoms with Crippen LogP contribution in [0.4, 0.5) is 0 Å². The number of nitrogens with zero attached hydrogens (tertiary/aromatic N) is 3. The Bertz CT molecular complexity index is 1010. The van der Waals surface area contributed by atoms with E-state index in [1.165, 1.54) is 6.42 Å². The van der Waals surface area contributed by atoms with Crippen LogP contribution in [-0.2, 0) is 14.8 Å². The Morgan fingerprint density at radius 1 is 0.933 bits per heavy atom. The van der Waals surface area contributed by atoms with Gasteiger partial charge in [-0.1, -0.05) is 44.2 Å². The summed E-state index contributed by atoms with van der Waals surface area (Å²) in [6, 6.07) is 13.1. The Morgan fingerprint density at radius 3 is 2.23 bits per heavy atom. The van der Waals surface area contributed by atoms with Gasteiger partial charge in [0, 0.05) is 39.3 Å². The summed E-state index contributed by atoms with van der Waals surface area (Å²) in [5.41, 5.74) is 0. The van der Waals surface area contributed by atoms with Gasteiger partial charge in [0.05, 0.1) is 11.4 Å². The molecule has 2 aromatic carbocycles. The number of sulfonamides is 1. The van der Waals surface area contributed by atoms with E-state index in [0.717, 1.165) is 23.9 Å². The van der Waals surface area contributed by atoms with E-state index in [-0.39, 0.29) is 5.91 Å². The van der Waals surface area contributed by atoms with Gasteiger partial charge >= 0.3 is 0 Å². The maximum Gasteiger partial charge on any atom is 0.243 e. The van der Waals surface area contributed by atoms with Crippen molar-refractivity contribution in [1.82, 2.24) is 14.1 Å². The van der Waals surface area contributed by atoms with Crippen LogP contribution in [0, 0.1) is 11.8 Å². The molecule has 0 N–H and O–H groups in total. The quantitative estimate of drug-likeness (QED) is 0.750. The Hall–Kier alpha value is -1.96. The van der Waals surface area contributed by atoms with Crippen molar-refractivity contribution in [2.45, 2.75) is 25.2 Å². The summed E-state index contributed by atoms with van der Waals surface area (Å²) in [7, 11) is -3.53. The summed E-state index contributed by atoms with van der Waals surface area (Å²) in [6.07, 6.45) is 1.18. The summed E-state index contributed by atoms with van der Waals surface area (Å²) in [5.74, 6) is 1.25. The zero-order valence-electron chi connectivity index (χ0n) is 17.8. The Morgan fingerprint density at radius 2 is 1.57 bits per heavy atom. The summed E-state index contributed by atoms with van der Waals surface area (Å²) in [6.45, 7) is 8.43. The standard InChI is InChI=1S/C23H31N3O3S/c1-18-13-19(2)16-25(15-18)23(27)17-24-9-11-26(12-10-24)30(28,29)22-8-7-20-5-3-4-6-21(20)14-22/h3-8,14,18-19H,9-13,15-17H2,1-2H3. The lowest BCUT2D eigenvalue weighted by atomic mass is 9.92. The number of amides is 1. The van der Waals surface area contributed by atoms with Gasteiger partial charge in [0.1, 0.15) is 0 Å². The molecular weight excluding hydrogens is 398 g/mol. The smallest absolute Gasteiger partial charge is 0.243 e. The van der Waals surface area contributed by atoms with E-state index < -0.39 is 10.0 Å². The van der Waals surface area contributed by atoms with Crippen molar-refractivity contribution >= 4 is 26.7 Å². The molecule has 30 heavy (non-hydrogen) atoms. The van der Waals surface area contributed by atoms with Crippen molar-refractivity contribution in [3.05, 3.63) is 42.5 Å². The molecule has 2 atom stereocenters. The van der Waals surface area contributed by atoms with Crippen LogP contribution in [0.2, 0.25) is 0 Å². The minimum absolute atomic E-state index is 0.166. The van der Waals surface area contributed by atoms with Crippen LogP contribution in [0.15, 0.2) is 47.4 Å². The molecule has 4 rings (SSSR count). The number of likely N-dealkylation sites (tertiary alicyclic amines) is 1. The third kappa shape index (κ3) is 4.53. The number of benzene rings is 2. The lowest BCUT2D eigenvalue weighted by Crippen LogP contribution is -2.52. The highest BCUT2D eigenvalue weighted by Crippen LogP contribution is 2.24. The SMILES string of the molecule is CC1CC(C)CN(C(=O)CN2CCN(S(=O)(=O)c3ccc4ccccc4c3)CC2)C1. The number of hydrogen-bond acceptors (Lipinski definition) is 4. The van der Waals surface area contributed by atoms with Gasteiger partial charge in [-0.05, 0) is 41.2 Å². The predicted molar refractivity (Wildman–Crippen MR) is 119 cm³/mol. The van der Waals surface area contributed by atoms with Crippen LogP contribution in [0.25, 0.3) is 10.8 Å². The number of carbonyl (C=O) groups excluding carboxylic acids is 1. The fourth-order valence-electron chi connectivity index (χ4n) is 4.76. The molecule has 7 heteroatoms. The van der Waals surface area contributed by atoms with Crippen LogP contribution < -0.4 is 0 Å². The van der Waals surface area contributed by atoms with Gasteiger partial charge in [0.15, 0.2) is 0 Å². The number of fused-ring (bicyclic) bond motifs is 1. The normalized spacial score (nSPS) is 24.3. The van der Waals surface area contributed by atoms with Gasteiger partial charge in [-0.25, -0.2) is 8.42 Å². The second-order valence-electron chi connectivity index (χ2n) is 8.93. The lowest BCUT2D eigenvalue weighted by Gasteiger charge is -2.38. The van der Waals surface area contributed by atoms with Crippen LogP contribution in [-0.4, -0.2) is 74.2 Å². The van der Waals surface area contributed by atoms with Crippen LogP contribution in [0.1, 0.15) is 20.3 Å². The van der Waals surface area contributed by atoms with E-state index in [0.29, 0.717) is 49.5 Å². The van der Waals surface area contributed by atoms with Crippen molar-refractivity contribution in [2.24, 2.45) is 11.8 Å². The molecule has 0 spiro atoms. The first-order valence-electron chi connectivity index (χ1n) is 10.8. The summed E-state index contributed by atoms with van der Waals surface area (Å²) >= 11 is 0. The number of piperazine rings is 1. The van der Waals surface area contributed by atoms with Crippen molar-refractivity contribution in [3.8, 4) is 0 Å². The third-order valence-corrected chi connectivity index (χ3v) is 8.17. The van der Waals surface area contributed by atoms with Gasteiger partial charge in [-0.15, -0.1) is 0 Å². The van der Waals surface area contributed by atoms with Gasteiger partial charge < -0.3 is 4.90 Å². The second-order valence-corrected chi connectivity index (χ2v) is 10.9. The highest BCUT2D eigenvalue weighted by Gasteiger charge is 2.31.